The van der Waals surface area contributed by atoms with E-state index < -0.39 is 22.7 Å². The van der Waals surface area contributed by atoms with Crippen LogP contribution in [0.15, 0.2) is 42.5 Å². The van der Waals surface area contributed by atoms with Crippen LogP contribution in [-0.2, 0) is 11.0 Å². The summed E-state index contributed by atoms with van der Waals surface area (Å²) in [6.07, 6.45) is -4.59. The molecule has 2 aromatic carbocycles. The molecule has 0 aliphatic heterocycles. The highest BCUT2D eigenvalue weighted by Gasteiger charge is 2.33. The van der Waals surface area contributed by atoms with Crippen LogP contribution in [0.1, 0.15) is 30.9 Å². The van der Waals surface area contributed by atoms with Gasteiger partial charge in [-0.3, -0.25) is 4.79 Å². The number of alkyl halides is 3. The number of para-hydroxylation sites is 1. The molecule has 0 radical (unpaired) electrons. The van der Waals surface area contributed by atoms with Gasteiger partial charge >= 0.3 is 6.18 Å². The van der Waals surface area contributed by atoms with E-state index in [1.54, 1.807) is 12.1 Å². The average Bonchev–Trinajstić information content (AvgIpc) is 2.54. The van der Waals surface area contributed by atoms with Crippen LogP contribution in [0.3, 0.4) is 0 Å². The Balaban J connectivity index is 2.04. The number of carbonyl (C=O) groups excluding carboxylic acids is 1. The molecule has 0 fully saturated rings. The summed E-state index contributed by atoms with van der Waals surface area (Å²) in [7, 11) is 0. The SMILES string of the molecule is CC(C)c1ccccc1OCC(=O)Nc1ccc(Cl)c(C(F)(F)F)c1. The van der Waals surface area contributed by atoms with Gasteiger partial charge in [0.1, 0.15) is 5.75 Å². The van der Waals surface area contributed by atoms with Crippen LogP contribution >= 0.6 is 11.6 Å². The molecular formula is C18H17ClF3NO2. The molecule has 0 aromatic heterocycles. The summed E-state index contributed by atoms with van der Waals surface area (Å²) in [6, 6.07) is 10.5. The molecule has 0 bridgehead atoms. The highest BCUT2D eigenvalue weighted by atomic mass is 35.5. The van der Waals surface area contributed by atoms with Crippen LogP contribution < -0.4 is 10.1 Å². The van der Waals surface area contributed by atoms with Gasteiger partial charge in [0.2, 0.25) is 0 Å². The zero-order chi connectivity index (χ0) is 18.6. The van der Waals surface area contributed by atoms with E-state index in [-0.39, 0.29) is 18.2 Å². The van der Waals surface area contributed by atoms with Gasteiger partial charge in [-0.05, 0) is 35.7 Å². The van der Waals surface area contributed by atoms with Crippen LogP contribution in [-0.4, -0.2) is 12.5 Å². The zero-order valence-electron chi connectivity index (χ0n) is 13.7. The van der Waals surface area contributed by atoms with E-state index >= 15 is 0 Å². The fraction of sp³-hybridized carbons (Fsp3) is 0.278. The van der Waals surface area contributed by atoms with Crippen LogP contribution in [0.5, 0.6) is 5.75 Å². The van der Waals surface area contributed by atoms with Crippen molar-refractivity contribution in [2.24, 2.45) is 0 Å². The number of amides is 1. The van der Waals surface area contributed by atoms with Crippen molar-refractivity contribution in [3.8, 4) is 5.75 Å². The molecule has 0 saturated heterocycles. The number of ether oxygens (including phenoxy) is 1. The number of halogens is 4. The maximum absolute atomic E-state index is 12.8. The number of hydrogen-bond acceptors (Lipinski definition) is 2. The first-order valence-corrected chi connectivity index (χ1v) is 7.94. The second-order valence-corrected chi connectivity index (χ2v) is 6.13. The Labute approximate surface area is 148 Å². The van der Waals surface area contributed by atoms with Crippen molar-refractivity contribution in [3.05, 3.63) is 58.6 Å². The lowest BCUT2D eigenvalue weighted by molar-refractivity contribution is -0.137. The van der Waals surface area contributed by atoms with Crippen LogP contribution in [0.2, 0.25) is 5.02 Å². The quantitative estimate of drug-likeness (QED) is 0.753. The van der Waals surface area contributed by atoms with Crippen LogP contribution in [0.4, 0.5) is 18.9 Å². The van der Waals surface area contributed by atoms with E-state index in [4.69, 9.17) is 16.3 Å². The molecule has 2 rings (SSSR count). The predicted octanol–water partition coefficient (Wildman–Crippen LogP) is 5.50. The van der Waals surface area contributed by atoms with Crippen molar-refractivity contribution in [2.45, 2.75) is 25.9 Å². The molecule has 25 heavy (non-hydrogen) atoms. The van der Waals surface area contributed by atoms with Crippen molar-refractivity contribution < 1.29 is 22.7 Å². The van der Waals surface area contributed by atoms with Crippen molar-refractivity contribution in [1.82, 2.24) is 0 Å². The molecule has 134 valence electrons. The second-order valence-electron chi connectivity index (χ2n) is 5.72. The van der Waals surface area contributed by atoms with Gasteiger partial charge in [0.15, 0.2) is 6.61 Å². The van der Waals surface area contributed by atoms with E-state index in [2.05, 4.69) is 5.32 Å². The number of carbonyl (C=O) groups is 1. The summed E-state index contributed by atoms with van der Waals surface area (Å²) in [4.78, 5) is 12.0. The summed E-state index contributed by atoms with van der Waals surface area (Å²) >= 11 is 5.55. The van der Waals surface area contributed by atoms with Crippen molar-refractivity contribution in [2.75, 3.05) is 11.9 Å². The van der Waals surface area contributed by atoms with Gasteiger partial charge in [-0.25, -0.2) is 0 Å². The monoisotopic (exact) mass is 371 g/mol. The first-order chi connectivity index (χ1) is 11.7. The predicted molar refractivity (Wildman–Crippen MR) is 91.1 cm³/mol. The Morgan fingerprint density at radius 3 is 2.52 bits per heavy atom. The Kier molecular flexibility index (Phi) is 5.95. The molecule has 7 heteroatoms. The molecule has 0 unspecified atom stereocenters. The van der Waals surface area contributed by atoms with E-state index in [0.29, 0.717) is 5.75 Å². The minimum Gasteiger partial charge on any atom is -0.483 e. The Morgan fingerprint density at radius 1 is 1.20 bits per heavy atom. The standard InChI is InChI=1S/C18H17ClF3NO2/c1-11(2)13-5-3-4-6-16(13)25-10-17(24)23-12-7-8-15(19)14(9-12)18(20,21)22/h3-9,11H,10H2,1-2H3,(H,23,24). The van der Waals surface area contributed by atoms with Gasteiger partial charge in [-0.1, -0.05) is 43.6 Å². The number of benzene rings is 2. The van der Waals surface area contributed by atoms with Gasteiger partial charge in [0, 0.05) is 5.69 Å². The number of rotatable bonds is 5. The summed E-state index contributed by atoms with van der Waals surface area (Å²) < 4.78 is 44.0. The summed E-state index contributed by atoms with van der Waals surface area (Å²) in [5.74, 6) is 0.221. The maximum atomic E-state index is 12.8. The third-order valence-electron chi connectivity index (χ3n) is 3.46. The molecule has 0 heterocycles. The molecule has 0 saturated carbocycles. The fourth-order valence-corrected chi connectivity index (χ4v) is 2.47. The van der Waals surface area contributed by atoms with Gasteiger partial charge in [0.25, 0.3) is 5.91 Å². The number of nitrogens with one attached hydrogen (secondary N) is 1. The zero-order valence-corrected chi connectivity index (χ0v) is 14.4. The normalized spacial score (nSPS) is 11.5. The minimum absolute atomic E-state index is 0.00229. The van der Waals surface area contributed by atoms with Crippen molar-refractivity contribution >= 4 is 23.2 Å². The lowest BCUT2D eigenvalue weighted by Crippen LogP contribution is -2.21. The minimum atomic E-state index is -4.59. The molecule has 0 spiro atoms. The summed E-state index contributed by atoms with van der Waals surface area (Å²) in [6.45, 7) is 3.68. The van der Waals surface area contributed by atoms with Gasteiger partial charge in [-0.2, -0.15) is 13.2 Å². The lowest BCUT2D eigenvalue weighted by atomic mass is 10.0. The highest BCUT2D eigenvalue weighted by Crippen LogP contribution is 2.36. The highest BCUT2D eigenvalue weighted by molar-refractivity contribution is 6.31. The van der Waals surface area contributed by atoms with Crippen LogP contribution in [0.25, 0.3) is 0 Å². The van der Waals surface area contributed by atoms with Gasteiger partial charge in [0.05, 0.1) is 10.6 Å². The van der Waals surface area contributed by atoms with Crippen LogP contribution in [0, 0.1) is 0 Å². The van der Waals surface area contributed by atoms with E-state index in [1.165, 1.54) is 6.07 Å². The summed E-state index contributed by atoms with van der Waals surface area (Å²) in [5, 5.41) is 1.95. The molecule has 1 amide bonds. The first-order valence-electron chi connectivity index (χ1n) is 7.57. The first kappa shape index (κ1) is 19.1. The third-order valence-corrected chi connectivity index (χ3v) is 3.78. The second kappa shape index (κ2) is 7.78. The molecule has 0 aliphatic rings. The van der Waals surface area contributed by atoms with Gasteiger partial charge < -0.3 is 10.1 Å². The molecular weight excluding hydrogens is 355 g/mol. The molecule has 1 N–H and O–H groups in total. The van der Waals surface area contributed by atoms with E-state index in [1.807, 2.05) is 26.0 Å². The lowest BCUT2D eigenvalue weighted by Gasteiger charge is -2.14. The summed E-state index contributed by atoms with van der Waals surface area (Å²) in [5.41, 5.74) is -0.0540. The number of anilines is 1. The maximum Gasteiger partial charge on any atom is 0.417 e. The Bertz CT molecular complexity index is 760. The Morgan fingerprint density at radius 2 is 1.88 bits per heavy atom. The Hall–Kier alpha value is -2.21. The van der Waals surface area contributed by atoms with Gasteiger partial charge in [-0.15, -0.1) is 0 Å². The molecule has 0 aliphatic carbocycles. The third kappa shape index (κ3) is 5.13. The number of hydrogen-bond donors (Lipinski definition) is 1. The topological polar surface area (TPSA) is 38.3 Å². The van der Waals surface area contributed by atoms with Crippen molar-refractivity contribution in [3.63, 3.8) is 0 Å². The largest absolute Gasteiger partial charge is 0.483 e. The molecule has 0 atom stereocenters. The molecule has 3 nitrogen and oxygen atoms in total. The fourth-order valence-electron chi connectivity index (χ4n) is 2.25. The average molecular weight is 372 g/mol. The molecule has 2 aromatic rings. The van der Waals surface area contributed by atoms with E-state index in [0.717, 1.165) is 17.7 Å². The van der Waals surface area contributed by atoms with E-state index in [9.17, 15) is 18.0 Å². The smallest absolute Gasteiger partial charge is 0.417 e. The van der Waals surface area contributed by atoms with Crippen molar-refractivity contribution in [1.29, 1.82) is 0 Å².